The van der Waals surface area contributed by atoms with E-state index in [1.165, 1.54) is 19.1 Å². The first-order valence-electron chi connectivity index (χ1n) is 5.81. The van der Waals surface area contributed by atoms with E-state index in [4.69, 9.17) is 4.74 Å². The van der Waals surface area contributed by atoms with Crippen molar-refractivity contribution in [2.24, 2.45) is 0 Å². The van der Waals surface area contributed by atoms with Gasteiger partial charge in [0, 0.05) is 16.6 Å². The highest BCUT2D eigenvalue weighted by molar-refractivity contribution is 9.10. The number of halogens is 2. The lowest BCUT2D eigenvalue weighted by Crippen LogP contribution is -1.99. The number of nitro groups is 1. The SMILES string of the molecule is CC(=O)c1cc(Br)ccc1Oc1cc(F)ccc1[N+](=O)[O-]. The highest BCUT2D eigenvalue weighted by Gasteiger charge is 2.19. The summed E-state index contributed by atoms with van der Waals surface area (Å²) in [6.45, 7) is 1.34. The van der Waals surface area contributed by atoms with Crippen molar-refractivity contribution in [2.75, 3.05) is 0 Å². The molecule has 0 amide bonds. The van der Waals surface area contributed by atoms with Gasteiger partial charge in [0.15, 0.2) is 5.78 Å². The Labute approximate surface area is 127 Å². The van der Waals surface area contributed by atoms with Gasteiger partial charge in [-0.1, -0.05) is 15.9 Å². The van der Waals surface area contributed by atoms with Crippen LogP contribution in [0.5, 0.6) is 11.5 Å². The number of carbonyl (C=O) groups excluding carboxylic acids is 1. The molecule has 0 aliphatic rings. The normalized spacial score (nSPS) is 10.2. The second-order valence-electron chi connectivity index (χ2n) is 4.17. The molecule has 0 N–H and O–H groups in total. The third-order valence-electron chi connectivity index (χ3n) is 2.66. The van der Waals surface area contributed by atoms with Crippen molar-refractivity contribution < 1.29 is 18.8 Å². The molecule has 0 fully saturated rings. The van der Waals surface area contributed by atoms with Crippen LogP contribution in [-0.4, -0.2) is 10.7 Å². The van der Waals surface area contributed by atoms with Gasteiger partial charge in [0.05, 0.1) is 10.5 Å². The number of nitrogens with zero attached hydrogens (tertiary/aromatic N) is 1. The van der Waals surface area contributed by atoms with Crippen LogP contribution in [0.2, 0.25) is 0 Å². The zero-order valence-corrected chi connectivity index (χ0v) is 12.4. The molecule has 0 heterocycles. The molecule has 0 saturated carbocycles. The summed E-state index contributed by atoms with van der Waals surface area (Å²) in [5.74, 6) is -1.08. The van der Waals surface area contributed by atoms with Crippen molar-refractivity contribution in [1.29, 1.82) is 0 Å². The molecule has 7 heteroatoms. The maximum absolute atomic E-state index is 13.3. The van der Waals surface area contributed by atoms with Crippen molar-refractivity contribution in [3.05, 3.63) is 62.4 Å². The molecule has 0 bridgehead atoms. The summed E-state index contributed by atoms with van der Waals surface area (Å²) in [7, 11) is 0. The van der Waals surface area contributed by atoms with E-state index in [0.717, 1.165) is 18.2 Å². The van der Waals surface area contributed by atoms with E-state index in [9.17, 15) is 19.3 Å². The van der Waals surface area contributed by atoms with Crippen molar-refractivity contribution in [2.45, 2.75) is 6.92 Å². The predicted molar refractivity (Wildman–Crippen MR) is 77.3 cm³/mol. The van der Waals surface area contributed by atoms with Crippen LogP contribution in [0.3, 0.4) is 0 Å². The molecule has 2 aromatic carbocycles. The molecular weight excluding hydrogens is 345 g/mol. The van der Waals surface area contributed by atoms with Crippen molar-refractivity contribution in [1.82, 2.24) is 0 Å². The van der Waals surface area contributed by atoms with E-state index >= 15 is 0 Å². The Hall–Kier alpha value is -2.28. The summed E-state index contributed by atoms with van der Waals surface area (Å²) in [5.41, 5.74) is -0.142. The number of nitro benzene ring substituents is 1. The van der Waals surface area contributed by atoms with E-state index < -0.39 is 10.7 Å². The smallest absolute Gasteiger partial charge is 0.311 e. The van der Waals surface area contributed by atoms with E-state index in [1.54, 1.807) is 6.07 Å². The summed E-state index contributed by atoms with van der Waals surface area (Å²) in [6, 6.07) is 7.52. The van der Waals surface area contributed by atoms with Crippen LogP contribution in [0.15, 0.2) is 40.9 Å². The van der Waals surface area contributed by atoms with Crippen molar-refractivity contribution >= 4 is 27.4 Å². The first-order chi connectivity index (χ1) is 9.88. The Morgan fingerprint density at radius 2 is 1.95 bits per heavy atom. The van der Waals surface area contributed by atoms with Crippen molar-refractivity contribution in [3.63, 3.8) is 0 Å². The van der Waals surface area contributed by atoms with Gasteiger partial charge in [-0.3, -0.25) is 14.9 Å². The van der Waals surface area contributed by atoms with Gasteiger partial charge in [0.2, 0.25) is 5.75 Å². The Kier molecular flexibility index (Phi) is 4.32. The Morgan fingerprint density at radius 3 is 2.57 bits per heavy atom. The molecule has 5 nitrogen and oxygen atoms in total. The molecule has 0 atom stereocenters. The molecule has 0 saturated heterocycles. The summed E-state index contributed by atoms with van der Waals surface area (Å²) in [4.78, 5) is 21.8. The second-order valence-corrected chi connectivity index (χ2v) is 5.08. The molecule has 0 aliphatic carbocycles. The quantitative estimate of drug-likeness (QED) is 0.461. The lowest BCUT2D eigenvalue weighted by molar-refractivity contribution is -0.385. The summed E-state index contributed by atoms with van der Waals surface area (Å²) in [5, 5.41) is 10.9. The number of ether oxygens (including phenoxy) is 1. The first kappa shape index (κ1) is 15.1. The van der Waals surface area contributed by atoms with Gasteiger partial charge >= 0.3 is 5.69 Å². The van der Waals surface area contributed by atoms with Crippen LogP contribution < -0.4 is 4.74 Å². The van der Waals surface area contributed by atoms with Gasteiger partial charge in [-0.25, -0.2) is 4.39 Å². The minimum Gasteiger partial charge on any atom is -0.449 e. The number of hydrogen-bond acceptors (Lipinski definition) is 4. The Bertz CT molecular complexity index is 733. The largest absolute Gasteiger partial charge is 0.449 e. The Balaban J connectivity index is 2.50. The molecule has 0 unspecified atom stereocenters. The molecule has 0 aliphatic heterocycles. The lowest BCUT2D eigenvalue weighted by Gasteiger charge is -2.10. The maximum Gasteiger partial charge on any atom is 0.311 e. The summed E-state index contributed by atoms with van der Waals surface area (Å²) >= 11 is 3.22. The third-order valence-corrected chi connectivity index (χ3v) is 3.15. The fourth-order valence-corrected chi connectivity index (χ4v) is 2.07. The molecule has 2 aromatic rings. The van der Waals surface area contributed by atoms with E-state index in [-0.39, 0.29) is 28.5 Å². The maximum atomic E-state index is 13.3. The highest BCUT2D eigenvalue weighted by Crippen LogP contribution is 2.34. The van der Waals surface area contributed by atoms with Crippen LogP contribution in [0, 0.1) is 15.9 Å². The van der Waals surface area contributed by atoms with Crippen LogP contribution in [0.25, 0.3) is 0 Å². The number of ketones is 1. The number of Topliss-reactive ketones (excluding diaryl/α,β-unsaturated/α-hetero) is 1. The van der Waals surface area contributed by atoms with Gasteiger partial charge in [-0.05, 0) is 31.2 Å². The molecular formula is C14H9BrFNO4. The molecule has 108 valence electrons. The average molecular weight is 354 g/mol. The van der Waals surface area contributed by atoms with Crippen LogP contribution in [0.1, 0.15) is 17.3 Å². The number of carbonyl (C=O) groups is 1. The third kappa shape index (κ3) is 3.43. The number of benzene rings is 2. The lowest BCUT2D eigenvalue weighted by atomic mass is 10.1. The molecule has 2 rings (SSSR count). The van der Waals surface area contributed by atoms with Gasteiger partial charge in [0.25, 0.3) is 0 Å². The van der Waals surface area contributed by atoms with E-state index in [2.05, 4.69) is 15.9 Å². The van der Waals surface area contributed by atoms with Gasteiger partial charge < -0.3 is 4.74 Å². The topological polar surface area (TPSA) is 69.4 Å². The second kappa shape index (κ2) is 6.01. The molecule has 0 spiro atoms. The summed E-state index contributed by atoms with van der Waals surface area (Å²) < 4.78 is 19.3. The van der Waals surface area contributed by atoms with Crippen LogP contribution in [-0.2, 0) is 0 Å². The summed E-state index contributed by atoms with van der Waals surface area (Å²) in [6.07, 6.45) is 0. The fourth-order valence-electron chi connectivity index (χ4n) is 1.71. The zero-order valence-electron chi connectivity index (χ0n) is 10.8. The predicted octanol–water partition coefficient (Wildman–Crippen LogP) is 4.49. The molecule has 0 radical (unpaired) electrons. The van der Waals surface area contributed by atoms with Crippen LogP contribution >= 0.6 is 15.9 Å². The monoisotopic (exact) mass is 353 g/mol. The number of hydrogen-bond donors (Lipinski definition) is 0. The molecule has 21 heavy (non-hydrogen) atoms. The zero-order chi connectivity index (χ0) is 15.6. The Morgan fingerprint density at radius 1 is 1.24 bits per heavy atom. The number of rotatable bonds is 4. The average Bonchev–Trinajstić information content (AvgIpc) is 2.40. The minimum atomic E-state index is -0.679. The standard InChI is InChI=1S/C14H9BrFNO4/c1-8(18)11-6-9(15)2-5-13(11)21-14-7-10(16)3-4-12(14)17(19)20/h2-7H,1H3. The van der Waals surface area contributed by atoms with Gasteiger partial charge in [-0.2, -0.15) is 0 Å². The van der Waals surface area contributed by atoms with Crippen LogP contribution in [0.4, 0.5) is 10.1 Å². The fraction of sp³-hybridized carbons (Fsp3) is 0.0714. The van der Waals surface area contributed by atoms with Gasteiger partial charge in [-0.15, -0.1) is 0 Å². The van der Waals surface area contributed by atoms with E-state index in [0.29, 0.717) is 4.47 Å². The minimum absolute atomic E-state index is 0.124. The van der Waals surface area contributed by atoms with Crippen molar-refractivity contribution in [3.8, 4) is 11.5 Å². The van der Waals surface area contributed by atoms with E-state index in [1.807, 2.05) is 0 Å². The highest BCUT2D eigenvalue weighted by atomic mass is 79.9. The molecule has 0 aromatic heterocycles. The van der Waals surface area contributed by atoms with Gasteiger partial charge in [0.1, 0.15) is 11.6 Å². The first-order valence-corrected chi connectivity index (χ1v) is 6.60.